The molecule has 0 aliphatic heterocycles. The molecule has 0 heterocycles. The van der Waals surface area contributed by atoms with Crippen LogP contribution in [0.1, 0.15) is 86.0 Å². The van der Waals surface area contributed by atoms with Gasteiger partial charge in [-0.1, -0.05) is 60.7 Å². The Morgan fingerprint density at radius 1 is 0.634 bits per heavy atom. The fourth-order valence-electron chi connectivity index (χ4n) is 6.40. The molecular weight excluding hydrogens is 590 g/mol. The third-order valence-corrected chi connectivity index (χ3v) is 30.0. The average molecular weight is 645 g/mol. The van der Waals surface area contributed by atoms with E-state index >= 15 is 0 Å². The minimum absolute atomic E-state index is 0.271. The number of hydrogen-bond acceptors (Lipinski definition) is 1. The predicted octanol–water partition coefficient (Wildman–Crippen LogP) is 9.86. The van der Waals surface area contributed by atoms with Crippen LogP contribution in [0, 0.1) is 5.92 Å². The second-order valence-corrected chi connectivity index (χ2v) is 33.1. The zero-order chi connectivity index (χ0) is 29.5. The summed E-state index contributed by atoms with van der Waals surface area (Å²) in [7, 11) is 0. The van der Waals surface area contributed by atoms with E-state index in [0.717, 1.165) is 0 Å². The smallest absolute Gasteiger partial charge is 0.0184 e. The van der Waals surface area contributed by atoms with Crippen molar-refractivity contribution in [3.05, 3.63) is 111 Å². The number of rotatable bonds is 14. The molecule has 2 unspecified atom stereocenters. The number of nitrogens with one attached hydrogen (secondary N) is 1. The molecule has 4 rings (SSSR count). The van der Waals surface area contributed by atoms with Gasteiger partial charge in [0, 0.05) is 0 Å². The summed E-state index contributed by atoms with van der Waals surface area (Å²) in [5.74, 6) is 0.665. The van der Waals surface area contributed by atoms with Gasteiger partial charge in [-0.25, -0.2) is 0 Å². The van der Waals surface area contributed by atoms with Crippen LogP contribution in [0.3, 0.4) is 0 Å². The summed E-state index contributed by atoms with van der Waals surface area (Å²) in [5, 5.41) is 1.66. The molecule has 0 radical (unpaired) electrons. The van der Waals surface area contributed by atoms with Crippen LogP contribution in [-0.2, 0) is 19.7 Å². The van der Waals surface area contributed by atoms with Gasteiger partial charge in [0.25, 0.3) is 0 Å². The van der Waals surface area contributed by atoms with Crippen LogP contribution >= 0.6 is 0 Å². The third kappa shape index (κ3) is 10.5. The normalized spacial score (nSPS) is 16.7. The Morgan fingerprint density at radius 2 is 1.10 bits per heavy atom. The Balaban J connectivity index is 0.000000317. The Morgan fingerprint density at radius 3 is 1.56 bits per heavy atom. The van der Waals surface area contributed by atoms with E-state index in [-0.39, 0.29) is 6.65 Å². The van der Waals surface area contributed by atoms with Gasteiger partial charge in [-0.2, -0.15) is 0 Å². The van der Waals surface area contributed by atoms with Gasteiger partial charge in [0.1, 0.15) is 0 Å². The van der Waals surface area contributed by atoms with Gasteiger partial charge in [0.2, 0.25) is 0 Å². The number of unbranched alkanes of at least 4 members (excludes halogenated alkanes) is 7. The maximum Gasteiger partial charge on any atom is -0.0184 e. The molecule has 0 amide bonds. The SMILES string of the molecule is CCCCCCCCCC[NH][Zr]([CH3])([SiH2]c1ccccc1)[C]1=C(C)C(C)=C(C)C1C.c1ccc(-c2ccccc2)cc1. The second kappa shape index (κ2) is 18.0. The summed E-state index contributed by atoms with van der Waals surface area (Å²) in [6, 6.07) is 32.2. The molecule has 3 aromatic carbocycles. The molecule has 0 saturated heterocycles. The van der Waals surface area contributed by atoms with E-state index < -0.39 is 19.7 Å². The van der Waals surface area contributed by atoms with E-state index in [4.69, 9.17) is 0 Å². The molecule has 0 saturated carbocycles. The molecule has 1 N–H and O–H groups in total. The number of allylic oxidation sites excluding steroid dienone is 4. The predicted molar refractivity (Wildman–Crippen MR) is 183 cm³/mol. The minimum Gasteiger partial charge on any atom is -0.0622 e. The first-order valence-electron chi connectivity index (χ1n) is 16.2. The first-order valence-corrected chi connectivity index (χ1v) is 27.7. The van der Waals surface area contributed by atoms with Crippen molar-refractivity contribution in [3.63, 3.8) is 0 Å². The van der Waals surface area contributed by atoms with E-state index in [2.05, 4.69) is 121 Å². The van der Waals surface area contributed by atoms with Gasteiger partial charge >= 0.3 is 188 Å². The van der Waals surface area contributed by atoms with E-state index in [1.807, 2.05) is 15.4 Å². The fourth-order valence-corrected chi connectivity index (χ4v) is 30.2. The maximum atomic E-state index is 4.29. The van der Waals surface area contributed by atoms with Gasteiger partial charge in [-0.05, 0) is 11.1 Å². The molecule has 0 aromatic heterocycles. The molecule has 0 fully saturated rings. The molecule has 1 nitrogen and oxygen atoms in total. The van der Waals surface area contributed by atoms with Crippen LogP contribution < -0.4 is 8.45 Å². The molecule has 2 atom stereocenters. The van der Waals surface area contributed by atoms with Crippen LogP contribution in [-0.4, -0.2) is 13.2 Å². The number of benzene rings is 3. The molecule has 1 aliphatic carbocycles. The maximum absolute atomic E-state index is 4.29. The van der Waals surface area contributed by atoms with Gasteiger partial charge in [0.05, 0.1) is 0 Å². The van der Waals surface area contributed by atoms with Crippen molar-refractivity contribution in [3.8, 4) is 11.1 Å². The van der Waals surface area contributed by atoms with Crippen LogP contribution in [0.25, 0.3) is 11.1 Å². The van der Waals surface area contributed by atoms with Crippen molar-refractivity contribution >= 4 is 11.8 Å². The average Bonchev–Trinajstić information content (AvgIpc) is 3.20. The van der Waals surface area contributed by atoms with Crippen LogP contribution in [0.5, 0.6) is 0 Å². The summed E-state index contributed by atoms with van der Waals surface area (Å²) in [6.07, 6.45) is 11.2. The Kier molecular flexibility index (Phi) is 14.8. The Bertz CT molecular complexity index is 1180. The van der Waals surface area contributed by atoms with Gasteiger partial charge < -0.3 is 0 Å². The third-order valence-electron chi connectivity index (χ3n) is 9.06. The molecule has 3 aromatic rings. The molecular formula is C38H55NSiZr. The van der Waals surface area contributed by atoms with Gasteiger partial charge in [-0.15, -0.1) is 0 Å². The fraction of sp³-hybridized carbons (Fsp3) is 0.421. The molecule has 0 spiro atoms. The Hall–Kier alpha value is -1.80. The first kappa shape index (κ1) is 33.7. The van der Waals surface area contributed by atoms with Crippen molar-refractivity contribution in [2.45, 2.75) is 90.6 Å². The van der Waals surface area contributed by atoms with Crippen molar-refractivity contribution < 1.29 is 19.7 Å². The molecule has 41 heavy (non-hydrogen) atoms. The minimum atomic E-state index is -2.54. The van der Waals surface area contributed by atoms with E-state index in [1.165, 1.54) is 69.0 Å². The van der Waals surface area contributed by atoms with Crippen molar-refractivity contribution in [1.29, 1.82) is 0 Å². The van der Waals surface area contributed by atoms with Crippen molar-refractivity contribution in [2.24, 2.45) is 5.92 Å². The van der Waals surface area contributed by atoms with E-state index in [1.54, 1.807) is 21.9 Å². The summed E-state index contributed by atoms with van der Waals surface area (Å²) >= 11 is -2.54. The van der Waals surface area contributed by atoms with Gasteiger partial charge in [-0.3, -0.25) is 0 Å². The second-order valence-electron chi connectivity index (χ2n) is 12.2. The molecule has 1 aliphatic rings. The monoisotopic (exact) mass is 643 g/mol. The first-order chi connectivity index (χ1) is 19.9. The topological polar surface area (TPSA) is 12.0 Å². The summed E-state index contributed by atoms with van der Waals surface area (Å²) in [6.45, 7) is 12.9. The van der Waals surface area contributed by atoms with E-state index in [0.29, 0.717) is 5.92 Å². The summed E-state index contributed by atoms with van der Waals surface area (Å²) in [4.78, 5) is 0. The number of hydrogen-bond donors (Lipinski definition) is 1. The largest absolute Gasteiger partial charge is 0.0622 e. The van der Waals surface area contributed by atoms with Crippen LogP contribution in [0.15, 0.2) is 111 Å². The van der Waals surface area contributed by atoms with Crippen LogP contribution in [0.2, 0.25) is 4.63 Å². The van der Waals surface area contributed by atoms with Crippen molar-refractivity contribution in [2.75, 3.05) is 6.54 Å². The molecule has 3 heteroatoms. The molecule has 220 valence electrons. The zero-order valence-corrected chi connectivity index (χ0v) is 30.7. The quantitative estimate of drug-likeness (QED) is 0.136. The zero-order valence-electron chi connectivity index (χ0n) is 26.8. The summed E-state index contributed by atoms with van der Waals surface area (Å²) < 4.78 is 8.87. The van der Waals surface area contributed by atoms with E-state index in [9.17, 15) is 0 Å². The van der Waals surface area contributed by atoms with Gasteiger partial charge in [0.15, 0.2) is 0 Å². The van der Waals surface area contributed by atoms with Crippen LogP contribution in [0.4, 0.5) is 0 Å². The Labute approximate surface area is 258 Å². The van der Waals surface area contributed by atoms with Crippen molar-refractivity contribution in [1.82, 2.24) is 3.26 Å². The standard InChI is InChI=1S/C12H10.C10H22N.C9H13.C6H7Si.CH3.Zr/c1-3-7-11(8-4-1)12-9-5-2-6-10-12;1-2-3-4-5-6-7-8-9-10-11;1-6-5-7(2)9(4)8(6)3;7-6-4-2-1-3-5-6;;/h1-10H;11H,2-10H2,1H3;6H,1-4H3;1-5H,7H2;1H3;/q;-1;;;;+1. The molecule has 0 bridgehead atoms. The summed E-state index contributed by atoms with van der Waals surface area (Å²) in [5.41, 5.74) is 7.39.